The van der Waals surface area contributed by atoms with E-state index < -0.39 is 18.3 Å². The Morgan fingerprint density at radius 3 is 2.82 bits per heavy atom. The molecule has 0 spiro atoms. The van der Waals surface area contributed by atoms with Gasteiger partial charge in [-0.25, -0.2) is 4.79 Å². The van der Waals surface area contributed by atoms with Gasteiger partial charge in [0.25, 0.3) is 0 Å². The van der Waals surface area contributed by atoms with E-state index in [1.807, 2.05) is 0 Å². The van der Waals surface area contributed by atoms with Crippen LogP contribution in [0.25, 0.3) is 11.1 Å². The summed E-state index contributed by atoms with van der Waals surface area (Å²) in [6.07, 6.45) is 0. The Morgan fingerprint density at radius 2 is 2.24 bits per heavy atom. The number of aromatic nitrogens is 1. The second kappa shape index (κ2) is 3.78. The van der Waals surface area contributed by atoms with Crippen LogP contribution < -0.4 is 11.5 Å². The molecule has 0 aliphatic rings. The first-order valence-corrected chi connectivity index (χ1v) is 4.68. The molecule has 0 saturated carbocycles. The van der Waals surface area contributed by atoms with Crippen LogP contribution in [0.5, 0.6) is 0 Å². The van der Waals surface area contributed by atoms with Crippen molar-refractivity contribution in [1.82, 2.24) is 4.57 Å². The molecule has 7 nitrogen and oxygen atoms in total. The molecule has 0 bridgehead atoms. The van der Waals surface area contributed by atoms with Gasteiger partial charge in [0.1, 0.15) is 12.4 Å². The van der Waals surface area contributed by atoms with Crippen LogP contribution in [0.1, 0.15) is 5.56 Å². The van der Waals surface area contributed by atoms with Crippen molar-refractivity contribution in [2.75, 3.05) is 0 Å². The van der Waals surface area contributed by atoms with Crippen LogP contribution in [0.15, 0.2) is 27.4 Å². The lowest BCUT2D eigenvalue weighted by atomic mass is 10.2. The third-order valence-corrected chi connectivity index (χ3v) is 2.27. The Kier molecular flexibility index (Phi) is 2.43. The minimum atomic E-state index is -1.15. The average molecular weight is 235 g/mol. The Morgan fingerprint density at radius 1 is 1.53 bits per heavy atom. The highest BCUT2D eigenvalue weighted by Crippen LogP contribution is 2.14. The van der Waals surface area contributed by atoms with Gasteiger partial charge < -0.3 is 15.3 Å². The largest absolute Gasteiger partial charge is 0.480 e. The fraction of sp³-hybridized carbons (Fsp3) is 0.100. The highest BCUT2D eigenvalue weighted by atomic mass is 16.4. The number of carboxylic acids is 1. The molecule has 1 aromatic carbocycles. The van der Waals surface area contributed by atoms with Crippen LogP contribution >= 0.6 is 0 Å². The van der Waals surface area contributed by atoms with E-state index in [1.165, 1.54) is 18.2 Å². The third kappa shape index (κ3) is 1.89. The average Bonchev–Trinajstić information content (AvgIpc) is 2.54. The summed E-state index contributed by atoms with van der Waals surface area (Å²) in [6.45, 7) is -0.493. The molecule has 2 aromatic rings. The third-order valence-electron chi connectivity index (χ3n) is 2.27. The van der Waals surface area contributed by atoms with Gasteiger partial charge in [0, 0.05) is 5.56 Å². The molecule has 2 rings (SSSR count). The lowest BCUT2D eigenvalue weighted by Crippen LogP contribution is -2.19. The number of nitrogens with two attached hydrogens (primary N) is 1. The van der Waals surface area contributed by atoms with Crippen LogP contribution in [0, 0.1) is 5.41 Å². The highest BCUT2D eigenvalue weighted by molar-refractivity contribution is 5.97. The van der Waals surface area contributed by atoms with Crippen molar-refractivity contribution in [3.63, 3.8) is 0 Å². The molecule has 0 atom stereocenters. The number of benzene rings is 1. The first-order chi connectivity index (χ1) is 7.99. The maximum Gasteiger partial charge on any atom is 0.420 e. The van der Waals surface area contributed by atoms with Gasteiger partial charge in [-0.1, -0.05) is 0 Å². The number of carboxylic acid groups (broad SMARTS) is 1. The van der Waals surface area contributed by atoms with Crippen LogP contribution in [-0.2, 0) is 11.3 Å². The molecule has 17 heavy (non-hydrogen) atoms. The van der Waals surface area contributed by atoms with E-state index in [9.17, 15) is 9.59 Å². The van der Waals surface area contributed by atoms with E-state index in [1.54, 1.807) is 0 Å². The number of nitrogens with zero attached hydrogens (tertiary/aromatic N) is 1. The minimum Gasteiger partial charge on any atom is -0.480 e. The van der Waals surface area contributed by atoms with Crippen LogP contribution in [-0.4, -0.2) is 21.5 Å². The van der Waals surface area contributed by atoms with Crippen molar-refractivity contribution >= 4 is 22.9 Å². The zero-order valence-corrected chi connectivity index (χ0v) is 8.64. The zero-order valence-electron chi connectivity index (χ0n) is 8.64. The molecular formula is C10H9N3O4. The number of hydrogen-bond acceptors (Lipinski definition) is 4. The number of nitrogen functional groups attached to an aromatic ring is 1. The van der Waals surface area contributed by atoms with Gasteiger partial charge >= 0.3 is 11.7 Å². The topological polar surface area (TPSA) is 122 Å². The fourth-order valence-corrected chi connectivity index (χ4v) is 1.51. The lowest BCUT2D eigenvalue weighted by Gasteiger charge is -2.00. The lowest BCUT2D eigenvalue weighted by molar-refractivity contribution is -0.137. The van der Waals surface area contributed by atoms with Crippen molar-refractivity contribution < 1.29 is 14.3 Å². The number of oxazole rings is 1. The number of rotatable bonds is 3. The molecule has 1 heterocycles. The van der Waals surface area contributed by atoms with E-state index in [0.717, 1.165) is 4.57 Å². The Hall–Kier alpha value is -2.57. The monoisotopic (exact) mass is 235 g/mol. The first kappa shape index (κ1) is 10.9. The summed E-state index contributed by atoms with van der Waals surface area (Å²) in [5.41, 5.74) is 6.29. The van der Waals surface area contributed by atoms with Gasteiger partial charge in [0.05, 0.1) is 5.52 Å². The van der Waals surface area contributed by atoms with Crippen LogP contribution in [0.2, 0.25) is 0 Å². The number of fused-ring (bicyclic) bond motifs is 1. The van der Waals surface area contributed by atoms with Gasteiger partial charge in [0.15, 0.2) is 5.58 Å². The van der Waals surface area contributed by atoms with Gasteiger partial charge in [-0.15, -0.1) is 0 Å². The molecule has 88 valence electrons. The highest BCUT2D eigenvalue weighted by Gasteiger charge is 2.12. The molecule has 0 fully saturated rings. The molecule has 1 aromatic heterocycles. The Labute approximate surface area is 94.6 Å². The van der Waals surface area contributed by atoms with Crippen molar-refractivity contribution in [3.8, 4) is 0 Å². The Bertz CT molecular complexity index is 668. The van der Waals surface area contributed by atoms with E-state index in [0.29, 0.717) is 11.1 Å². The van der Waals surface area contributed by atoms with Gasteiger partial charge in [0.2, 0.25) is 0 Å². The second-order valence-corrected chi connectivity index (χ2v) is 3.44. The van der Waals surface area contributed by atoms with Crippen LogP contribution in [0.3, 0.4) is 0 Å². The van der Waals surface area contributed by atoms with E-state index in [-0.39, 0.29) is 11.4 Å². The van der Waals surface area contributed by atoms with Gasteiger partial charge in [-0.2, -0.15) is 0 Å². The molecular weight excluding hydrogens is 226 g/mol. The second-order valence-electron chi connectivity index (χ2n) is 3.44. The summed E-state index contributed by atoms with van der Waals surface area (Å²) < 4.78 is 5.84. The van der Waals surface area contributed by atoms with Gasteiger partial charge in [-0.3, -0.25) is 14.8 Å². The number of amidine groups is 1. The van der Waals surface area contributed by atoms with Crippen molar-refractivity contribution in [2.45, 2.75) is 6.54 Å². The number of carbonyl (C=O) groups is 1. The molecule has 0 aliphatic heterocycles. The minimum absolute atomic E-state index is 0.164. The summed E-state index contributed by atoms with van der Waals surface area (Å²) in [5.74, 6) is -2.06. The predicted octanol–water partition coefficient (Wildman–Crippen LogP) is -0.0368. The van der Waals surface area contributed by atoms with Crippen LogP contribution in [0.4, 0.5) is 0 Å². The van der Waals surface area contributed by atoms with Crippen molar-refractivity contribution in [3.05, 3.63) is 34.3 Å². The molecule has 0 amide bonds. The maximum atomic E-state index is 11.4. The fourth-order valence-electron chi connectivity index (χ4n) is 1.51. The summed E-state index contributed by atoms with van der Waals surface area (Å²) >= 11 is 0. The number of hydrogen-bond donors (Lipinski definition) is 3. The summed E-state index contributed by atoms with van der Waals surface area (Å²) in [6, 6.07) is 4.45. The van der Waals surface area contributed by atoms with Crippen molar-refractivity contribution in [2.24, 2.45) is 5.73 Å². The van der Waals surface area contributed by atoms with Gasteiger partial charge in [-0.05, 0) is 18.2 Å². The Balaban J connectivity index is 2.69. The smallest absolute Gasteiger partial charge is 0.420 e. The number of aliphatic carboxylic acids is 1. The first-order valence-electron chi connectivity index (χ1n) is 4.68. The van der Waals surface area contributed by atoms with Crippen molar-refractivity contribution in [1.29, 1.82) is 5.41 Å². The summed E-state index contributed by atoms with van der Waals surface area (Å²) in [7, 11) is 0. The molecule has 0 radical (unpaired) electrons. The van der Waals surface area contributed by atoms with E-state index in [4.69, 9.17) is 20.7 Å². The molecule has 0 saturated heterocycles. The summed E-state index contributed by atoms with van der Waals surface area (Å²) in [5, 5.41) is 16.0. The summed E-state index contributed by atoms with van der Waals surface area (Å²) in [4.78, 5) is 22.0. The SMILES string of the molecule is N=C(N)c1ccc2oc(=O)n(CC(=O)O)c2c1. The molecule has 7 heteroatoms. The van der Waals surface area contributed by atoms with E-state index in [2.05, 4.69) is 0 Å². The zero-order chi connectivity index (χ0) is 12.6. The molecule has 0 unspecified atom stereocenters. The number of nitrogens with one attached hydrogen (secondary N) is 1. The normalized spacial score (nSPS) is 10.6. The quantitative estimate of drug-likeness (QED) is 0.509. The standard InChI is InChI=1S/C10H9N3O4/c11-9(12)5-1-2-7-6(3-5)13(4-8(14)15)10(16)17-7/h1-3H,4H2,(H3,11,12)(H,14,15). The van der Waals surface area contributed by atoms with E-state index >= 15 is 0 Å². The predicted molar refractivity (Wildman–Crippen MR) is 59.1 cm³/mol. The molecule has 4 N–H and O–H groups in total. The maximum absolute atomic E-state index is 11.4. The molecule has 0 aliphatic carbocycles.